The average Bonchev–Trinajstić information content (AvgIpc) is 2.33. The number of nitrogens with one attached hydrogen (secondary N) is 1. The molecule has 0 bridgehead atoms. The molecule has 1 aromatic carbocycles. The monoisotopic (exact) mass is 320 g/mol. The second kappa shape index (κ2) is 6.11. The Kier molecular flexibility index (Phi) is 5.17. The van der Waals surface area contributed by atoms with Gasteiger partial charge in [-0.3, -0.25) is 0 Å². The second-order valence-electron chi connectivity index (χ2n) is 4.56. The number of hydrogen-bond donors (Lipinski definition) is 2. The quantitative estimate of drug-likeness (QED) is 0.747. The Morgan fingerprint density at radius 3 is 2.30 bits per heavy atom. The molecule has 0 aliphatic heterocycles. The van der Waals surface area contributed by atoms with Crippen LogP contribution in [0.15, 0.2) is 17.0 Å². The number of sulfone groups is 1. The van der Waals surface area contributed by atoms with E-state index in [0.717, 1.165) is 0 Å². The van der Waals surface area contributed by atoms with Gasteiger partial charge in [0.25, 0.3) is 0 Å². The summed E-state index contributed by atoms with van der Waals surface area (Å²) in [6.45, 7) is 4.67. The Bertz CT molecular complexity index is 694. The van der Waals surface area contributed by atoms with Gasteiger partial charge in [-0.15, -0.1) is 0 Å². The van der Waals surface area contributed by atoms with Crippen molar-refractivity contribution in [2.75, 3.05) is 23.8 Å². The Morgan fingerprint density at radius 2 is 1.75 bits per heavy atom. The van der Waals surface area contributed by atoms with Crippen LogP contribution in [-0.4, -0.2) is 34.9 Å². The van der Waals surface area contributed by atoms with Crippen molar-refractivity contribution in [3.8, 4) is 0 Å². The lowest BCUT2D eigenvalue weighted by atomic mass is 10.1. The van der Waals surface area contributed by atoms with Crippen molar-refractivity contribution in [2.45, 2.75) is 25.7 Å². The Balaban J connectivity index is 2.99. The van der Waals surface area contributed by atoms with Gasteiger partial charge in [-0.05, 0) is 31.0 Å². The minimum absolute atomic E-state index is 0.00886. The topological polar surface area (TPSA) is 106 Å². The van der Waals surface area contributed by atoms with Crippen LogP contribution in [0.25, 0.3) is 0 Å². The number of hydrogen-bond acceptors (Lipinski definition) is 5. The SMILES string of the molecule is CCS(=O)(=O)CCNS(=O)(=O)c1c(C)ccc(N)c1C. The van der Waals surface area contributed by atoms with Crippen LogP contribution in [0.2, 0.25) is 0 Å². The average molecular weight is 320 g/mol. The molecule has 0 unspecified atom stereocenters. The lowest BCUT2D eigenvalue weighted by molar-refractivity contribution is 0.580. The molecule has 0 amide bonds. The summed E-state index contributed by atoms with van der Waals surface area (Å²) in [5, 5.41) is 0. The number of benzene rings is 1. The minimum atomic E-state index is -3.77. The first-order valence-corrected chi connectivity index (χ1v) is 9.47. The van der Waals surface area contributed by atoms with Crippen LogP contribution < -0.4 is 10.5 Å². The molecule has 0 radical (unpaired) electrons. The van der Waals surface area contributed by atoms with Crippen molar-refractivity contribution < 1.29 is 16.8 Å². The first kappa shape index (κ1) is 16.9. The summed E-state index contributed by atoms with van der Waals surface area (Å²) in [6.07, 6.45) is 0. The molecule has 1 rings (SSSR count). The van der Waals surface area contributed by atoms with Crippen LogP contribution >= 0.6 is 0 Å². The van der Waals surface area contributed by atoms with Crippen molar-refractivity contribution in [2.24, 2.45) is 0 Å². The zero-order chi connectivity index (χ0) is 15.6. The molecule has 0 aliphatic rings. The molecule has 1 aromatic rings. The molecule has 0 heterocycles. The molecule has 8 heteroatoms. The van der Waals surface area contributed by atoms with Crippen LogP contribution in [0.5, 0.6) is 0 Å². The predicted molar refractivity (Wildman–Crippen MR) is 79.8 cm³/mol. The van der Waals surface area contributed by atoms with Gasteiger partial charge in [0.15, 0.2) is 9.84 Å². The summed E-state index contributed by atoms with van der Waals surface area (Å²) in [5.74, 6) is -0.228. The number of nitrogens with two attached hydrogens (primary N) is 1. The summed E-state index contributed by atoms with van der Waals surface area (Å²) in [4.78, 5) is 0.117. The highest BCUT2D eigenvalue weighted by Gasteiger charge is 2.21. The lowest BCUT2D eigenvalue weighted by Gasteiger charge is -2.13. The molecule has 0 fully saturated rings. The Morgan fingerprint density at radius 1 is 1.15 bits per heavy atom. The molecule has 3 N–H and O–H groups in total. The third kappa shape index (κ3) is 3.94. The van der Waals surface area contributed by atoms with Crippen LogP contribution in [0.4, 0.5) is 5.69 Å². The fourth-order valence-electron chi connectivity index (χ4n) is 1.80. The van der Waals surface area contributed by atoms with Crippen LogP contribution in [-0.2, 0) is 19.9 Å². The highest BCUT2D eigenvalue weighted by molar-refractivity contribution is 7.91. The van der Waals surface area contributed by atoms with Crippen molar-refractivity contribution in [3.63, 3.8) is 0 Å². The first-order valence-electron chi connectivity index (χ1n) is 6.16. The van der Waals surface area contributed by atoms with Gasteiger partial charge in [-0.1, -0.05) is 13.0 Å². The first-order chi connectivity index (χ1) is 9.10. The van der Waals surface area contributed by atoms with Gasteiger partial charge in [0.05, 0.1) is 10.6 Å². The normalized spacial score (nSPS) is 12.6. The van der Waals surface area contributed by atoms with Gasteiger partial charge in [0, 0.05) is 18.0 Å². The molecule has 0 saturated carbocycles. The summed E-state index contributed by atoms with van der Waals surface area (Å²) in [6, 6.07) is 3.27. The summed E-state index contributed by atoms with van der Waals surface area (Å²) >= 11 is 0. The Labute approximate surface area is 120 Å². The minimum Gasteiger partial charge on any atom is -0.398 e. The molecule has 6 nitrogen and oxygen atoms in total. The maximum Gasteiger partial charge on any atom is 0.241 e. The summed E-state index contributed by atoms with van der Waals surface area (Å²) < 4.78 is 49.5. The van der Waals surface area contributed by atoms with Gasteiger partial charge < -0.3 is 5.73 Å². The highest BCUT2D eigenvalue weighted by Crippen LogP contribution is 2.24. The van der Waals surface area contributed by atoms with E-state index in [1.165, 1.54) is 6.92 Å². The molecule has 0 aliphatic carbocycles. The van der Waals surface area contributed by atoms with Crippen LogP contribution in [0.1, 0.15) is 18.1 Å². The van der Waals surface area contributed by atoms with Crippen molar-refractivity contribution >= 4 is 25.5 Å². The maximum atomic E-state index is 12.2. The number of sulfonamides is 1. The molecule has 0 atom stereocenters. The predicted octanol–water partition coefficient (Wildman–Crippen LogP) is 0.599. The highest BCUT2D eigenvalue weighted by atomic mass is 32.2. The molecule has 20 heavy (non-hydrogen) atoms. The number of aryl methyl sites for hydroxylation is 1. The largest absolute Gasteiger partial charge is 0.398 e. The molecule has 0 saturated heterocycles. The summed E-state index contributed by atoms with van der Waals surface area (Å²) in [5.41, 5.74) is 7.14. The van der Waals surface area contributed by atoms with Gasteiger partial charge in [0.1, 0.15) is 0 Å². The molecular formula is C12H20N2O4S2. The third-order valence-corrected chi connectivity index (χ3v) is 6.51. The lowest BCUT2D eigenvalue weighted by Crippen LogP contribution is -2.30. The standard InChI is InChI=1S/C12H20N2O4S2/c1-4-19(15,16)8-7-14-20(17,18)12-9(2)5-6-11(13)10(12)3/h5-6,14H,4,7-8,13H2,1-3H3. The zero-order valence-electron chi connectivity index (χ0n) is 11.8. The molecule has 0 spiro atoms. The van der Waals surface area contributed by atoms with E-state index in [4.69, 9.17) is 5.73 Å². The van der Waals surface area contributed by atoms with Crippen molar-refractivity contribution in [1.29, 1.82) is 0 Å². The van der Waals surface area contributed by atoms with Gasteiger partial charge in [-0.25, -0.2) is 21.6 Å². The van der Waals surface area contributed by atoms with Gasteiger partial charge >= 0.3 is 0 Å². The van der Waals surface area contributed by atoms with Crippen LogP contribution in [0.3, 0.4) is 0 Å². The van der Waals surface area contributed by atoms with E-state index >= 15 is 0 Å². The van der Waals surface area contributed by atoms with E-state index in [-0.39, 0.29) is 22.9 Å². The molecular weight excluding hydrogens is 300 g/mol. The number of rotatable bonds is 6. The van der Waals surface area contributed by atoms with E-state index in [1.54, 1.807) is 26.0 Å². The van der Waals surface area contributed by atoms with Gasteiger partial charge in [-0.2, -0.15) is 0 Å². The van der Waals surface area contributed by atoms with Crippen molar-refractivity contribution in [3.05, 3.63) is 23.3 Å². The fraction of sp³-hybridized carbons (Fsp3) is 0.500. The molecule has 114 valence electrons. The third-order valence-electron chi connectivity index (χ3n) is 3.06. The fourth-order valence-corrected chi connectivity index (χ4v) is 4.16. The Hall–Kier alpha value is -1.12. The van der Waals surface area contributed by atoms with E-state index in [9.17, 15) is 16.8 Å². The van der Waals surface area contributed by atoms with E-state index < -0.39 is 19.9 Å². The number of anilines is 1. The van der Waals surface area contributed by atoms with E-state index in [0.29, 0.717) is 16.8 Å². The maximum absolute atomic E-state index is 12.2. The molecule has 0 aromatic heterocycles. The van der Waals surface area contributed by atoms with E-state index in [2.05, 4.69) is 4.72 Å². The zero-order valence-corrected chi connectivity index (χ0v) is 13.4. The van der Waals surface area contributed by atoms with Crippen LogP contribution in [0, 0.1) is 13.8 Å². The van der Waals surface area contributed by atoms with Crippen molar-refractivity contribution in [1.82, 2.24) is 4.72 Å². The second-order valence-corrected chi connectivity index (χ2v) is 8.74. The van der Waals surface area contributed by atoms with Gasteiger partial charge in [0.2, 0.25) is 10.0 Å². The number of nitrogen functional groups attached to an aromatic ring is 1. The smallest absolute Gasteiger partial charge is 0.241 e. The summed E-state index contributed by atoms with van der Waals surface area (Å²) in [7, 11) is -6.97. The van der Waals surface area contributed by atoms with E-state index in [1.807, 2.05) is 0 Å².